The van der Waals surface area contributed by atoms with Crippen LogP contribution in [0.3, 0.4) is 0 Å². The summed E-state index contributed by atoms with van der Waals surface area (Å²) in [6, 6.07) is 13.2. The highest BCUT2D eigenvalue weighted by Gasteiger charge is 2.21. The highest BCUT2D eigenvalue weighted by molar-refractivity contribution is 8.00. The number of thioether (sulfide) groups is 1. The number of Topliss-reactive ketones (excluding diaryl/α,β-unsaturated/α-hetero) is 1. The maximum Gasteiger partial charge on any atom is 0.192 e. The first-order valence-electron chi connectivity index (χ1n) is 8.30. The lowest BCUT2D eigenvalue weighted by atomic mass is 10.1. The topological polar surface area (TPSA) is 60.7 Å². The number of pyridine rings is 1. The zero-order valence-electron chi connectivity index (χ0n) is 14.3. The molecule has 6 heteroatoms. The second-order valence-electron chi connectivity index (χ2n) is 5.68. The summed E-state index contributed by atoms with van der Waals surface area (Å²) in [5, 5.41) is 9.21. The van der Waals surface area contributed by atoms with E-state index in [2.05, 4.69) is 26.7 Å². The number of hydrogen-bond donors (Lipinski definition) is 0. The third-order valence-corrected chi connectivity index (χ3v) is 4.89. The van der Waals surface area contributed by atoms with Crippen molar-refractivity contribution in [1.82, 2.24) is 19.7 Å². The summed E-state index contributed by atoms with van der Waals surface area (Å²) in [5.74, 6) is 0.910. The largest absolute Gasteiger partial charge is 0.302 e. The lowest BCUT2D eigenvalue weighted by molar-refractivity contribution is 0.0994. The Morgan fingerprint density at radius 1 is 1.12 bits per heavy atom. The number of rotatable bonds is 7. The van der Waals surface area contributed by atoms with Crippen LogP contribution in [0.2, 0.25) is 0 Å². The molecule has 0 N–H and O–H groups in total. The van der Waals surface area contributed by atoms with Gasteiger partial charge in [-0.25, -0.2) is 0 Å². The summed E-state index contributed by atoms with van der Waals surface area (Å²) < 4.78 is 2.08. The first kappa shape index (κ1) is 17.4. The molecule has 1 aromatic carbocycles. The Labute approximate surface area is 151 Å². The van der Waals surface area contributed by atoms with Crippen molar-refractivity contribution in [2.45, 2.75) is 37.2 Å². The molecule has 0 saturated heterocycles. The number of ketones is 1. The minimum atomic E-state index is -0.229. The number of aromatic nitrogens is 4. The van der Waals surface area contributed by atoms with Crippen LogP contribution in [0.15, 0.2) is 60.0 Å². The molecule has 25 heavy (non-hydrogen) atoms. The van der Waals surface area contributed by atoms with Gasteiger partial charge in [-0.05, 0) is 25.5 Å². The van der Waals surface area contributed by atoms with Gasteiger partial charge in [0.05, 0.1) is 5.25 Å². The van der Waals surface area contributed by atoms with Gasteiger partial charge in [0.25, 0.3) is 0 Å². The van der Waals surface area contributed by atoms with Crippen molar-refractivity contribution < 1.29 is 4.79 Å². The highest BCUT2D eigenvalue weighted by atomic mass is 32.2. The highest BCUT2D eigenvalue weighted by Crippen LogP contribution is 2.28. The lowest BCUT2D eigenvalue weighted by Gasteiger charge is -2.12. The van der Waals surface area contributed by atoms with E-state index in [1.807, 2.05) is 49.4 Å². The van der Waals surface area contributed by atoms with Gasteiger partial charge in [0.1, 0.15) is 0 Å². The summed E-state index contributed by atoms with van der Waals surface area (Å²) in [6.07, 6.45) is 4.45. The van der Waals surface area contributed by atoms with Crippen LogP contribution < -0.4 is 0 Å². The average molecular weight is 352 g/mol. The average Bonchev–Trinajstić information content (AvgIpc) is 3.05. The minimum absolute atomic E-state index is 0.0992. The molecule has 1 unspecified atom stereocenters. The van der Waals surface area contributed by atoms with Gasteiger partial charge in [-0.15, -0.1) is 10.2 Å². The maximum atomic E-state index is 12.6. The van der Waals surface area contributed by atoms with Gasteiger partial charge in [0.2, 0.25) is 0 Å². The Bertz CT molecular complexity index is 833. The molecule has 1 atom stereocenters. The molecule has 0 spiro atoms. The quantitative estimate of drug-likeness (QED) is 0.473. The van der Waals surface area contributed by atoms with E-state index in [1.165, 1.54) is 11.8 Å². The zero-order chi connectivity index (χ0) is 17.6. The molecule has 3 rings (SSSR count). The first-order chi connectivity index (χ1) is 12.2. The number of hydrogen-bond acceptors (Lipinski definition) is 5. The third kappa shape index (κ3) is 3.96. The number of benzene rings is 1. The fourth-order valence-corrected chi connectivity index (χ4v) is 3.52. The first-order valence-corrected chi connectivity index (χ1v) is 9.18. The van der Waals surface area contributed by atoms with Gasteiger partial charge >= 0.3 is 0 Å². The molecule has 0 amide bonds. The van der Waals surface area contributed by atoms with Crippen molar-refractivity contribution in [3.05, 3.63) is 60.4 Å². The Hall–Kier alpha value is -2.47. The van der Waals surface area contributed by atoms with E-state index in [-0.39, 0.29) is 11.0 Å². The maximum absolute atomic E-state index is 12.6. The van der Waals surface area contributed by atoms with Crippen molar-refractivity contribution in [3.8, 4) is 11.4 Å². The van der Waals surface area contributed by atoms with Crippen molar-refractivity contribution in [1.29, 1.82) is 0 Å². The van der Waals surface area contributed by atoms with Crippen molar-refractivity contribution in [3.63, 3.8) is 0 Å². The Morgan fingerprint density at radius 3 is 2.52 bits per heavy atom. The Balaban J connectivity index is 1.85. The molecule has 0 fully saturated rings. The molecule has 0 aliphatic carbocycles. The van der Waals surface area contributed by atoms with Crippen LogP contribution in [0.1, 0.15) is 30.6 Å². The van der Waals surface area contributed by atoms with Crippen molar-refractivity contribution >= 4 is 17.5 Å². The molecular formula is C19H20N4OS. The van der Waals surface area contributed by atoms with Crippen molar-refractivity contribution in [2.75, 3.05) is 0 Å². The molecule has 5 nitrogen and oxygen atoms in total. The van der Waals surface area contributed by atoms with E-state index in [0.717, 1.165) is 35.1 Å². The fraction of sp³-hybridized carbons (Fsp3) is 0.263. The van der Waals surface area contributed by atoms with Crippen LogP contribution in [0, 0.1) is 0 Å². The SMILES string of the molecule is CCCn1c(SC(C)C(=O)c2ccccc2)nnc1-c1ccncc1. The van der Waals surface area contributed by atoms with Crippen molar-refractivity contribution in [2.24, 2.45) is 0 Å². The van der Waals surface area contributed by atoms with Crippen LogP contribution in [-0.4, -0.2) is 30.8 Å². The Kier molecular flexibility index (Phi) is 5.60. The van der Waals surface area contributed by atoms with E-state index in [1.54, 1.807) is 12.4 Å². The zero-order valence-corrected chi connectivity index (χ0v) is 15.1. The summed E-state index contributed by atoms with van der Waals surface area (Å²) in [4.78, 5) is 16.7. The monoisotopic (exact) mass is 352 g/mol. The van der Waals surface area contributed by atoms with Crippen LogP contribution in [-0.2, 0) is 6.54 Å². The minimum Gasteiger partial charge on any atom is -0.302 e. The molecule has 3 aromatic rings. The molecule has 128 valence electrons. The number of carbonyl (C=O) groups excluding carboxylic acids is 1. The normalized spacial score (nSPS) is 12.1. The lowest BCUT2D eigenvalue weighted by Crippen LogP contribution is -2.14. The second-order valence-corrected chi connectivity index (χ2v) is 6.99. The van der Waals surface area contributed by atoms with E-state index < -0.39 is 0 Å². The predicted molar refractivity (Wildman–Crippen MR) is 99.6 cm³/mol. The predicted octanol–water partition coefficient (Wildman–Crippen LogP) is 4.11. The van der Waals surface area contributed by atoms with E-state index in [4.69, 9.17) is 0 Å². The van der Waals surface area contributed by atoms with E-state index in [0.29, 0.717) is 0 Å². The number of carbonyl (C=O) groups is 1. The van der Waals surface area contributed by atoms with Gasteiger partial charge in [-0.2, -0.15) is 0 Å². The van der Waals surface area contributed by atoms with Gasteiger partial charge in [0, 0.05) is 30.1 Å². The van der Waals surface area contributed by atoms with Crippen LogP contribution in [0.4, 0.5) is 0 Å². The van der Waals surface area contributed by atoms with Gasteiger partial charge < -0.3 is 4.57 Å². The third-order valence-electron chi connectivity index (χ3n) is 3.81. The molecule has 0 bridgehead atoms. The second kappa shape index (κ2) is 8.07. The molecule has 0 radical (unpaired) electrons. The molecule has 0 aliphatic rings. The standard InChI is InChI=1S/C19H20N4OS/c1-3-13-23-18(16-9-11-20-12-10-16)21-22-19(23)25-14(2)17(24)15-7-5-4-6-8-15/h4-12,14H,3,13H2,1-2H3. The van der Waals surface area contributed by atoms with Gasteiger partial charge in [-0.3, -0.25) is 9.78 Å². The molecular weight excluding hydrogens is 332 g/mol. The van der Waals surface area contributed by atoms with Gasteiger partial charge in [0.15, 0.2) is 16.8 Å². The van der Waals surface area contributed by atoms with Crippen LogP contribution >= 0.6 is 11.8 Å². The Morgan fingerprint density at radius 2 is 1.84 bits per heavy atom. The summed E-state index contributed by atoms with van der Waals surface area (Å²) >= 11 is 1.45. The molecule has 0 saturated carbocycles. The molecule has 0 aliphatic heterocycles. The van der Waals surface area contributed by atoms with Crippen LogP contribution in [0.25, 0.3) is 11.4 Å². The van der Waals surface area contributed by atoms with E-state index >= 15 is 0 Å². The summed E-state index contributed by atoms with van der Waals surface area (Å²) in [6.45, 7) is 4.83. The van der Waals surface area contributed by atoms with Crippen LogP contribution in [0.5, 0.6) is 0 Å². The summed E-state index contributed by atoms with van der Waals surface area (Å²) in [7, 11) is 0. The molecule has 2 heterocycles. The van der Waals surface area contributed by atoms with Gasteiger partial charge in [-0.1, -0.05) is 49.0 Å². The summed E-state index contributed by atoms with van der Waals surface area (Å²) in [5.41, 5.74) is 1.70. The molecule has 2 aromatic heterocycles. The van der Waals surface area contributed by atoms with E-state index in [9.17, 15) is 4.79 Å². The fourth-order valence-electron chi connectivity index (χ4n) is 2.56. The smallest absolute Gasteiger partial charge is 0.192 e. The number of nitrogens with zero attached hydrogens (tertiary/aromatic N) is 4.